The van der Waals surface area contributed by atoms with Crippen molar-refractivity contribution in [2.75, 3.05) is 55.8 Å². The summed E-state index contributed by atoms with van der Waals surface area (Å²) in [6.07, 6.45) is 10.5. The third-order valence-electron chi connectivity index (χ3n) is 5.62. The van der Waals surface area contributed by atoms with Crippen LogP contribution < -0.4 is 4.90 Å². The van der Waals surface area contributed by atoms with E-state index in [-0.39, 0.29) is 6.04 Å². The van der Waals surface area contributed by atoms with E-state index in [1.807, 2.05) is 23.0 Å². The first kappa shape index (κ1) is 23.3. The molecular weight excluding hydrogens is 446 g/mol. The van der Waals surface area contributed by atoms with Crippen LogP contribution in [0.15, 0.2) is 30.6 Å². The van der Waals surface area contributed by atoms with E-state index in [1.165, 1.54) is 0 Å². The molecule has 0 unspecified atom stereocenters. The Hall–Kier alpha value is -1.87. The molecule has 0 aromatic carbocycles. The molecule has 0 aliphatic carbocycles. The Labute approximate surface area is 196 Å². The molecule has 1 atom stereocenters. The van der Waals surface area contributed by atoms with E-state index in [0.29, 0.717) is 25.8 Å². The number of morpholine rings is 1. The number of alkyl halides is 1. The summed E-state index contributed by atoms with van der Waals surface area (Å²) in [5, 5.41) is 5.49. The number of halogens is 1. The molecule has 4 rings (SSSR count). The number of anilines is 1. The van der Waals surface area contributed by atoms with Crippen LogP contribution in [-0.4, -0.2) is 76.7 Å². The number of ether oxygens (including phenoxy) is 2. The minimum absolute atomic E-state index is 0.251. The fourth-order valence-corrected chi connectivity index (χ4v) is 4.65. The number of rotatable bonds is 8. The predicted molar refractivity (Wildman–Crippen MR) is 134 cm³/mol. The smallest absolute Gasteiger partial charge is 0.140 e. The van der Waals surface area contributed by atoms with Crippen molar-refractivity contribution in [3.63, 3.8) is 0 Å². The zero-order valence-electron chi connectivity index (χ0n) is 19.3. The van der Waals surface area contributed by atoms with Gasteiger partial charge in [0.25, 0.3) is 0 Å². The van der Waals surface area contributed by atoms with Crippen molar-refractivity contribution in [2.24, 2.45) is 0 Å². The molecule has 0 N–H and O–H groups in total. The molecule has 0 saturated carbocycles. The first-order chi connectivity index (χ1) is 15.4. The van der Waals surface area contributed by atoms with Crippen LogP contribution in [0.5, 0.6) is 0 Å². The van der Waals surface area contributed by atoms with Crippen molar-refractivity contribution in [1.82, 2.24) is 19.7 Å². The SMILES string of the molecule is C[C@@H]1COCCN1c1cc(CCl)c2ccnc(-c3ccnn3COCCS(C)(C)C)c2n1. The normalized spacial score (nSPS) is 17.8. The quantitative estimate of drug-likeness (QED) is 0.359. The maximum atomic E-state index is 6.36. The Morgan fingerprint density at radius 1 is 1.25 bits per heavy atom. The van der Waals surface area contributed by atoms with Gasteiger partial charge in [0.1, 0.15) is 23.8 Å². The van der Waals surface area contributed by atoms with E-state index in [9.17, 15) is 0 Å². The van der Waals surface area contributed by atoms with Gasteiger partial charge in [0, 0.05) is 36.0 Å². The molecule has 1 fully saturated rings. The van der Waals surface area contributed by atoms with Gasteiger partial charge in [-0.25, -0.2) is 19.7 Å². The van der Waals surface area contributed by atoms with Crippen molar-refractivity contribution in [2.45, 2.75) is 25.6 Å². The van der Waals surface area contributed by atoms with E-state index in [1.54, 1.807) is 6.20 Å². The predicted octanol–water partition coefficient (Wildman–Crippen LogP) is 4.13. The summed E-state index contributed by atoms with van der Waals surface area (Å²) in [5.41, 5.74) is 3.56. The molecule has 0 spiro atoms. The highest BCUT2D eigenvalue weighted by Crippen LogP contribution is 2.34. The Balaban J connectivity index is 1.69. The third kappa shape index (κ3) is 5.20. The minimum atomic E-state index is -0.587. The lowest BCUT2D eigenvalue weighted by Gasteiger charge is -2.34. The van der Waals surface area contributed by atoms with E-state index in [0.717, 1.165) is 52.6 Å². The van der Waals surface area contributed by atoms with Crippen LogP contribution in [0.2, 0.25) is 0 Å². The van der Waals surface area contributed by atoms with Crippen molar-refractivity contribution in [3.8, 4) is 11.4 Å². The summed E-state index contributed by atoms with van der Waals surface area (Å²) >= 11 is 6.36. The fraction of sp³-hybridized carbons (Fsp3) is 0.522. The molecule has 9 heteroatoms. The molecule has 4 heterocycles. The summed E-state index contributed by atoms with van der Waals surface area (Å²) in [4.78, 5) is 12.0. The second-order valence-electron chi connectivity index (χ2n) is 8.99. The number of aromatic nitrogens is 4. The van der Waals surface area contributed by atoms with Crippen molar-refractivity contribution in [3.05, 3.63) is 36.2 Å². The molecule has 0 amide bonds. The van der Waals surface area contributed by atoms with Gasteiger partial charge in [-0.1, -0.05) is 0 Å². The lowest BCUT2D eigenvalue weighted by atomic mass is 10.1. The molecule has 1 aliphatic heterocycles. The lowest BCUT2D eigenvalue weighted by molar-refractivity contribution is 0.0821. The molecule has 174 valence electrons. The molecule has 1 aliphatic rings. The highest BCUT2D eigenvalue weighted by atomic mass is 35.5. The Morgan fingerprint density at radius 2 is 2.09 bits per heavy atom. The average Bonchev–Trinajstić information content (AvgIpc) is 3.23. The van der Waals surface area contributed by atoms with Gasteiger partial charge in [-0.05, 0) is 49.5 Å². The van der Waals surface area contributed by atoms with E-state index in [2.05, 4.69) is 41.8 Å². The molecule has 3 aromatic rings. The molecule has 3 aromatic heterocycles. The second kappa shape index (κ2) is 9.95. The van der Waals surface area contributed by atoms with Crippen LogP contribution in [0.4, 0.5) is 5.82 Å². The van der Waals surface area contributed by atoms with Gasteiger partial charge in [0.15, 0.2) is 0 Å². The zero-order valence-corrected chi connectivity index (χ0v) is 20.8. The summed E-state index contributed by atoms with van der Waals surface area (Å²) in [5.74, 6) is 2.39. The average molecular weight is 478 g/mol. The first-order valence-corrected chi connectivity index (χ1v) is 14.4. The lowest BCUT2D eigenvalue weighted by Crippen LogP contribution is -2.44. The van der Waals surface area contributed by atoms with Crippen molar-refractivity contribution < 1.29 is 9.47 Å². The van der Waals surface area contributed by atoms with Crippen LogP contribution in [0, 0.1) is 0 Å². The highest BCUT2D eigenvalue weighted by Gasteiger charge is 2.23. The van der Waals surface area contributed by atoms with Gasteiger partial charge in [-0.2, -0.15) is 5.10 Å². The Morgan fingerprint density at radius 3 is 2.84 bits per heavy atom. The number of pyridine rings is 2. The minimum Gasteiger partial charge on any atom is -0.377 e. The number of hydrogen-bond donors (Lipinski definition) is 0. The standard InChI is InChI=1S/C23H32ClN5O2S/c1-17-15-30-10-9-28(17)21-13-18(14-24)19-5-7-25-23(22(19)27-21)20-6-8-26-29(20)16-31-11-12-32(2,3)4/h5-8,13,17H,9-12,14-16H2,1-4H3/t17-/m1/s1. The second-order valence-corrected chi connectivity index (χ2v) is 13.9. The van der Waals surface area contributed by atoms with Crippen LogP contribution in [0.3, 0.4) is 0 Å². The fourth-order valence-electron chi connectivity index (χ4n) is 3.82. The van der Waals surface area contributed by atoms with Crippen LogP contribution in [-0.2, 0) is 22.1 Å². The maximum absolute atomic E-state index is 6.36. The van der Waals surface area contributed by atoms with E-state index in [4.69, 9.17) is 31.0 Å². The number of nitrogens with zero attached hydrogens (tertiary/aromatic N) is 5. The molecule has 0 bridgehead atoms. The van der Waals surface area contributed by atoms with Crippen LogP contribution in [0.25, 0.3) is 22.3 Å². The van der Waals surface area contributed by atoms with Crippen molar-refractivity contribution in [1.29, 1.82) is 0 Å². The van der Waals surface area contributed by atoms with E-state index < -0.39 is 10.0 Å². The summed E-state index contributed by atoms with van der Waals surface area (Å²) in [6, 6.07) is 6.29. The van der Waals surface area contributed by atoms with Gasteiger partial charge in [-0.15, -0.1) is 11.6 Å². The summed E-state index contributed by atoms with van der Waals surface area (Å²) in [6.45, 7) is 5.45. The monoisotopic (exact) mass is 477 g/mol. The van der Waals surface area contributed by atoms with Gasteiger partial charge in [0.05, 0.1) is 31.6 Å². The van der Waals surface area contributed by atoms with Crippen LogP contribution in [0.1, 0.15) is 12.5 Å². The van der Waals surface area contributed by atoms with Gasteiger partial charge < -0.3 is 14.4 Å². The molecule has 0 radical (unpaired) electrons. The molecule has 32 heavy (non-hydrogen) atoms. The van der Waals surface area contributed by atoms with Gasteiger partial charge in [0.2, 0.25) is 0 Å². The van der Waals surface area contributed by atoms with E-state index >= 15 is 0 Å². The summed E-state index contributed by atoms with van der Waals surface area (Å²) in [7, 11) is -0.587. The van der Waals surface area contributed by atoms with Crippen LogP contribution >= 0.6 is 21.6 Å². The van der Waals surface area contributed by atoms with Gasteiger partial charge in [-0.3, -0.25) is 4.98 Å². The first-order valence-electron chi connectivity index (χ1n) is 10.8. The Kier molecular flexibility index (Phi) is 7.24. The largest absolute Gasteiger partial charge is 0.377 e. The third-order valence-corrected chi connectivity index (χ3v) is 7.30. The molecule has 7 nitrogen and oxygen atoms in total. The highest BCUT2D eigenvalue weighted by molar-refractivity contribution is 8.32. The summed E-state index contributed by atoms with van der Waals surface area (Å²) < 4.78 is 13.4. The maximum Gasteiger partial charge on any atom is 0.140 e. The topological polar surface area (TPSA) is 65.3 Å². The number of hydrogen-bond acceptors (Lipinski definition) is 6. The molecule has 1 saturated heterocycles. The van der Waals surface area contributed by atoms with Gasteiger partial charge >= 0.3 is 0 Å². The van der Waals surface area contributed by atoms with Crippen molar-refractivity contribution >= 4 is 38.3 Å². The number of fused-ring (bicyclic) bond motifs is 1. The Bertz CT molecular complexity index is 1070. The molecular formula is C23H32ClN5O2S. The zero-order chi connectivity index (χ0) is 22.7.